The average Bonchev–Trinajstić information content (AvgIpc) is 2.36. The first kappa shape index (κ1) is 15.4. The van der Waals surface area contributed by atoms with Crippen molar-refractivity contribution in [2.75, 3.05) is 19.9 Å². The fraction of sp³-hybridized carbons (Fsp3) is 0.571. The summed E-state index contributed by atoms with van der Waals surface area (Å²) in [4.78, 5) is 0.267. The van der Waals surface area contributed by atoms with E-state index in [-0.39, 0.29) is 4.90 Å². The molecule has 0 spiro atoms. The third-order valence-corrected chi connectivity index (χ3v) is 4.85. The largest absolute Gasteiger partial charge is 0.387 e. The second-order valence-electron chi connectivity index (χ2n) is 5.29. The highest BCUT2D eigenvalue weighted by Gasteiger charge is 2.28. The normalized spacial score (nSPS) is 24.1. The minimum atomic E-state index is -3.19. The van der Waals surface area contributed by atoms with Crippen LogP contribution in [0.4, 0.5) is 0 Å². The molecule has 0 heterocycles. The first-order valence-electron chi connectivity index (χ1n) is 6.64. The molecule has 0 bridgehead atoms. The zero-order chi connectivity index (χ0) is 14.8. The van der Waals surface area contributed by atoms with Gasteiger partial charge in [-0.1, -0.05) is 12.1 Å². The summed E-state index contributed by atoms with van der Waals surface area (Å²) < 4.78 is 27.9. The van der Waals surface area contributed by atoms with Crippen molar-refractivity contribution < 1.29 is 18.3 Å². The van der Waals surface area contributed by atoms with Gasteiger partial charge in [-0.15, -0.1) is 0 Å². The molecular formula is C14H21NO4S. The van der Waals surface area contributed by atoms with Crippen LogP contribution in [0.5, 0.6) is 0 Å². The lowest BCUT2D eigenvalue weighted by Gasteiger charge is -2.35. The molecule has 1 aliphatic carbocycles. The molecule has 0 radical (unpaired) electrons. The summed E-state index contributed by atoms with van der Waals surface area (Å²) in [6.07, 6.45) is 2.80. The second-order valence-corrected chi connectivity index (χ2v) is 7.31. The van der Waals surface area contributed by atoms with Crippen molar-refractivity contribution in [1.29, 1.82) is 0 Å². The number of hydrogen-bond donors (Lipinski definition) is 2. The Kier molecular flexibility index (Phi) is 4.80. The Labute approximate surface area is 119 Å². The van der Waals surface area contributed by atoms with Crippen molar-refractivity contribution >= 4 is 9.84 Å². The van der Waals surface area contributed by atoms with Gasteiger partial charge in [-0.25, -0.2) is 8.42 Å². The third-order valence-electron chi connectivity index (χ3n) is 3.72. The number of sulfone groups is 1. The molecule has 1 atom stereocenters. The molecule has 20 heavy (non-hydrogen) atoms. The van der Waals surface area contributed by atoms with Gasteiger partial charge in [0, 0.05) is 26.0 Å². The van der Waals surface area contributed by atoms with Crippen LogP contribution in [-0.2, 0) is 14.6 Å². The Morgan fingerprint density at radius 3 is 2.45 bits per heavy atom. The fourth-order valence-corrected chi connectivity index (χ4v) is 2.89. The highest BCUT2D eigenvalue weighted by molar-refractivity contribution is 7.90. The quantitative estimate of drug-likeness (QED) is 0.816. The number of hydrogen-bond acceptors (Lipinski definition) is 5. The monoisotopic (exact) mass is 299 g/mol. The summed E-state index contributed by atoms with van der Waals surface area (Å²) in [5, 5.41) is 13.3. The van der Waals surface area contributed by atoms with E-state index < -0.39 is 15.9 Å². The molecule has 0 aliphatic heterocycles. The predicted octanol–water partition coefficient (Wildman–Crippen LogP) is 0.890. The van der Waals surface area contributed by atoms with E-state index in [9.17, 15) is 13.5 Å². The molecule has 112 valence electrons. The third kappa shape index (κ3) is 3.79. The van der Waals surface area contributed by atoms with E-state index in [0.717, 1.165) is 12.8 Å². The van der Waals surface area contributed by atoms with E-state index in [1.54, 1.807) is 19.2 Å². The van der Waals surface area contributed by atoms with Crippen molar-refractivity contribution in [2.24, 2.45) is 0 Å². The Balaban J connectivity index is 1.85. The number of ether oxygens (including phenoxy) is 1. The smallest absolute Gasteiger partial charge is 0.175 e. The Morgan fingerprint density at radius 2 is 1.95 bits per heavy atom. The Bertz CT molecular complexity index is 535. The highest BCUT2D eigenvalue weighted by atomic mass is 32.2. The SMILES string of the molecule is COC1CC(NCC(O)c2ccc(S(C)(=O)=O)cc2)C1. The average molecular weight is 299 g/mol. The lowest BCUT2D eigenvalue weighted by molar-refractivity contribution is 0.0137. The van der Waals surface area contributed by atoms with Gasteiger partial charge in [-0.05, 0) is 30.5 Å². The highest BCUT2D eigenvalue weighted by Crippen LogP contribution is 2.23. The van der Waals surface area contributed by atoms with Gasteiger partial charge in [0.25, 0.3) is 0 Å². The number of rotatable bonds is 6. The molecule has 0 aromatic heterocycles. The summed E-state index contributed by atoms with van der Waals surface area (Å²) in [5.41, 5.74) is 0.715. The maximum Gasteiger partial charge on any atom is 0.175 e. The van der Waals surface area contributed by atoms with Crippen LogP contribution < -0.4 is 5.32 Å². The van der Waals surface area contributed by atoms with Gasteiger partial charge in [0.2, 0.25) is 0 Å². The van der Waals surface area contributed by atoms with Crippen LogP contribution in [-0.4, -0.2) is 45.6 Å². The number of benzene rings is 1. The Morgan fingerprint density at radius 1 is 1.35 bits per heavy atom. The van der Waals surface area contributed by atoms with E-state index in [0.29, 0.717) is 24.3 Å². The van der Waals surface area contributed by atoms with E-state index in [4.69, 9.17) is 4.74 Å². The van der Waals surface area contributed by atoms with E-state index in [1.807, 2.05) is 0 Å². The van der Waals surface area contributed by atoms with Gasteiger partial charge in [-0.2, -0.15) is 0 Å². The van der Waals surface area contributed by atoms with Crippen molar-refractivity contribution in [3.05, 3.63) is 29.8 Å². The maximum absolute atomic E-state index is 11.3. The van der Waals surface area contributed by atoms with Crippen LogP contribution in [0.3, 0.4) is 0 Å². The van der Waals surface area contributed by atoms with Crippen LogP contribution in [0.15, 0.2) is 29.2 Å². The molecule has 0 saturated heterocycles. The zero-order valence-electron chi connectivity index (χ0n) is 11.7. The predicted molar refractivity (Wildman–Crippen MR) is 76.3 cm³/mol. The van der Waals surface area contributed by atoms with Crippen molar-refractivity contribution in [1.82, 2.24) is 5.32 Å². The van der Waals surface area contributed by atoms with Gasteiger partial charge >= 0.3 is 0 Å². The standard InChI is InChI=1S/C14H21NO4S/c1-19-12-7-11(8-12)15-9-14(16)10-3-5-13(6-4-10)20(2,17)18/h3-6,11-12,14-16H,7-9H2,1-2H3. The number of aliphatic hydroxyl groups excluding tert-OH is 1. The van der Waals surface area contributed by atoms with Gasteiger partial charge in [-0.3, -0.25) is 0 Å². The molecule has 2 rings (SSSR count). The first-order chi connectivity index (χ1) is 9.40. The molecule has 5 nitrogen and oxygen atoms in total. The summed E-state index contributed by atoms with van der Waals surface area (Å²) >= 11 is 0. The van der Waals surface area contributed by atoms with Crippen molar-refractivity contribution in [3.63, 3.8) is 0 Å². The van der Waals surface area contributed by atoms with Crippen molar-refractivity contribution in [3.8, 4) is 0 Å². The number of methoxy groups -OCH3 is 1. The summed E-state index contributed by atoms with van der Waals surface area (Å²) in [6.45, 7) is 0.458. The fourth-order valence-electron chi connectivity index (χ4n) is 2.26. The van der Waals surface area contributed by atoms with Gasteiger partial charge in [0.15, 0.2) is 9.84 Å². The molecule has 2 N–H and O–H groups in total. The maximum atomic E-state index is 11.3. The topological polar surface area (TPSA) is 75.6 Å². The molecule has 1 aliphatic rings. The lowest BCUT2D eigenvalue weighted by atomic mass is 9.89. The molecule has 1 aromatic carbocycles. The summed E-state index contributed by atoms with van der Waals surface area (Å²) in [5.74, 6) is 0. The van der Waals surface area contributed by atoms with Crippen LogP contribution in [0.2, 0.25) is 0 Å². The van der Waals surface area contributed by atoms with Crippen LogP contribution in [0.1, 0.15) is 24.5 Å². The summed E-state index contributed by atoms with van der Waals surface area (Å²) in [6, 6.07) is 6.75. The molecule has 1 saturated carbocycles. The lowest BCUT2D eigenvalue weighted by Crippen LogP contribution is -2.46. The molecule has 0 amide bonds. The molecule has 1 unspecified atom stereocenters. The minimum Gasteiger partial charge on any atom is -0.387 e. The molecular weight excluding hydrogens is 278 g/mol. The van der Waals surface area contributed by atoms with E-state index in [2.05, 4.69) is 5.32 Å². The van der Waals surface area contributed by atoms with E-state index >= 15 is 0 Å². The van der Waals surface area contributed by atoms with Gasteiger partial charge in [0.1, 0.15) is 0 Å². The molecule has 1 aromatic rings. The second kappa shape index (κ2) is 6.22. The van der Waals surface area contributed by atoms with Crippen LogP contribution in [0, 0.1) is 0 Å². The number of aliphatic hydroxyl groups is 1. The molecule has 1 fully saturated rings. The van der Waals surface area contributed by atoms with Crippen LogP contribution >= 0.6 is 0 Å². The van der Waals surface area contributed by atoms with Crippen LogP contribution in [0.25, 0.3) is 0 Å². The minimum absolute atomic E-state index is 0.267. The zero-order valence-corrected chi connectivity index (χ0v) is 12.6. The molecule has 6 heteroatoms. The van der Waals surface area contributed by atoms with Gasteiger partial charge < -0.3 is 15.2 Å². The van der Waals surface area contributed by atoms with E-state index in [1.165, 1.54) is 18.4 Å². The summed E-state index contributed by atoms with van der Waals surface area (Å²) in [7, 11) is -1.48. The first-order valence-corrected chi connectivity index (χ1v) is 8.53. The Hall–Kier alpha value is -0.950. The number of nitrogens with one attached hydrogen (secondary N) is 1. The van der Waals surface area contributed by atoms with Crippen molar-refractivity contribution in [2.45, 2.75) is 36.0 Å². The van der Waals surface area contributed by atoms with Gasteiger partial charge in [0.05, 0.1) is 17.1 Å².